The average Bonchev–Trinajstić information content (AvgIpc) is 2.33. The van der Waals surface area contributed by atoms with E-state index in [9.17, 15) is 9.18 Å². The van der Waals surface area contributed by atoms with E-state index in [-0.39, 0.29) is 24.8 Å². The molecule has 1 amide bonds. The molecular weight excluding hydrogens is 231 g/mol. The van der Waals surface area contributed by atoms with Crippen LogP contribution in [0.4, 0.5) is 4.39 Å². The maximum absolute atomic E-state index is 13.3. The minimum absolute atomic E-state index is 0.109. The molecule has 0 aromatic heterocycles. The van der Waals surface area contributed by atoms with Crippen LogP contribution in [0, 0.1) is 11.7 Å². The minimum atomic E-state index is -0.287. The summed E-state index contributed by atoms with van der Waals surface area (Å²) in [6, 6.07) is 6.45. The molecule has 1 aromatic carbocycles. The van der Waals surface area contributed by atoms with E-state index in [1.165, 1.54) is 6.07 Å². The van der Waals surface area contributed by atoms with E-state index in [2.05, 4.69) is 24.5 Å². The van der Waals surface area contributed by atoms with Gasteiger partial charge in [-0.15, -0.1) is 0 Å². The molecule has 4 heteroatoms. The van der Waals surface area contributed by atoms with Gasteiger partial charge < -0.3 is 10.6 Å². The second-order valence-corrected chi connectivity index (χ2v) is 4.73. The molecule has 1 aromatic rings. The van der Waals surface area contributed by atoms with Crippen molar-refractivity contribution in [1.29, 1.82) is 0 Å². The number of carbonyl (C=O) groups is 1. The topological polar surface area (TPSA) is 41.1 Å². The number of nitrogens with one attached hydrogen (secondary N) is 2. The van der Waals surface area contributed by atoms with Crippen LogP contribution < -0.4 is 10.6 Å². The quantitative estimate of drug-likeness (QED) is 0.729. The highest BCUT2D eigenvalue weighted by Crippen LogP contribution is 2.05. The van der Waals surface area contributed by atoms with Crippen molar-refractivity contribution in [2.24, 2.45) is 5.92 Å². The molecule has 0 atom stereocenters. The largest absolute Gasteiger partial charge is 0.351 e. The highest BCUT2D eigenvalue weighted by atomic mass is 19.1. The second-order valence-electron chi connectivity index (χ2n) is 4.73. The van der Waals surface area contributed by atoms with Crippen molar-refractivity contribution in [2.75, 3.05) is 13.1 Å². The predicted molar refractivity (Wildman–Crippen MR) is 70.6 cm³/mol. The number of benzene rings is 1. The van der Waals surface area contributed by atoms with Crippen molar-refractivity contribution >= 4 is 5.91 Å². The fourth-order valence-corrected chi connectivity index (χ4v) is 1.49. The van der Waals surface area contributed by atoms with Crippen molar-refractivity contribution in [2.45, 2.75) is 26.8 Å². The lowest BCUT2D eigenvalue weighted by Crippen LogP contribution is -2.34. The van der Waals surface area contributed by atoms with Crippen LogP contribution in [0.1, 0.15) is 25.8 Å². The molecule has 3 nitrogen and oxygen atoms in total. The molecule has 0 aliphatic carbocycles. The van der Waals surface area contributed by atoms with Gasteiger partial charge in [0.15, 0.2) is 0 Å². The van der Waals surface area contributed by atoms with E-state index >= 15 is 0 Å². The van der Waals surface area contributed by atoms with Gasteiger partial charge in [-0.2, -0.15) is 0 Å². The maximum atomic E-state index is 13.3. The summed E-state index contributed by atoms with van der Waals surface area (Å²) < 4.78 is 13.3. The van der Waals surface area contributed by atoms with Gasteiger partial charge in [0.25, 0.3) is 0 Å². The molecule has 0 aliphatic heterocycles. The monoisotopic (exact) mass is 252 g/mol. The van der Waals surface area contributed by atoms with E-state index in [1.807, 2.05) is 0 Å². The van der Waals surface area contributed by atoms with Crippen molar-refractivity contribution in [3.63, 3.8) is 0 Å². The van der Waals surface area contributed by atoms with Crippen molar-refractivity contribution in [3.8, 4) is 0 Å². The summed E-state index contributed by atoms with van der Waals surface area (Å²) in [6.45, 7) is 5.61. The van der Waals surface area contributed by atoms with E-state index in [0.29, 0.717) is 11.5 Å². The van der Waals surface area contributed by atoms with E-state index in [4.69, 9.17) is 0 Å². The Hall–Kier alpha value is -1.42. The van der Waals surface area contributed by atoms with Crippen LogP contribution in [0.15, 0.2) is 24.3 Å². The van der Waals surface area contributed by atoms with Crippen molar-refractivity contribution in [3.05, 3.63) is 35.6 Å². The van der Waals surface area contributed by atoms with Gasteiger partial charge in [0.05, 0.1) is 6.54 Å². The number of halogens is 1. The first-order valence-electron chi connectivity index (χ1n) is 6.30. The number of carbonyl (C=O) groups excluding carboxylic acids is 1. The van der Waals surface area contributed by atoms with E-state index < -0.39 is 0 Å². The second kappa shape index (κ2) is 7.82. The third-order valence-electron chi connectivity index (χ3n) is 2.62. The smallest absolute Gasteiger partial charge is 0.234 e. The lowest BCUT2D eigenvalue weighted by atomic mass is 10.1. The lowest BCUT2D eigenvalue weighted by Gasteiger charge is -2.08. The highest BCUT2D eigenvalue weighted by Gasteiger charge is 2.04. The third kappa shape index (κ3) is 5.77. The van der Waals surface area contributed by atoms with Gasteiger partial charge in [-0.1, -0.05) is 32.0 Å². The Morgan fingerprint density at radius 3 is 2.72 bits per heavy atom. The number of rotatable bonds is 7. The summed E-state index contributed by atoms with van der Waals surface area (Å²) in [5, 5.41) is 5.75. The Bertz CT molecular complexity index is 380. The van der Waals surface area contributed by atoms with Gasteiger partial charge in [-0.25, -0.2) is 4.39 Å². The van der Waals surface area contributed by atoms with Gasteiger partial charge in [-0.3, -0.25) is 4.79 Å². The molecule has 0 spiro atoms. The normalized spacial score (nSPS) is 10.7. The summed E-state index contributed by atoms with van der Waals surface area (Å²) in [4.78, 5) is 11.5. The van der Waals surface area contributed by atoms with Gasteiger partial charge in [0.2, 0.25) is 5.91 Å². The zero-order valence-electron chi connectivity index (χ0n) is 11.0. The van der Waals surface area contributed by atoms with Crippen molar-refractivity contribution < 1.29 is 9.18 Å². The first-order chi connectivity index (χ1) is 8.59. The molecule has 18 heavy (non-hydrogen) atoms. The molecule has 0 aliphatic rings. The van der Waals surface area contributed by atoms with Crippen LogP contribution in [0.25, 0.3) is 0 Å². The maximum Gasteiger partial charge on any atom is 0.234 e. The Balaban J connectivity index is 2.19. The van der Waals surface area contributed by atoms with Crippen LogP contribution >= 0.6 is 0 Å². The molecule has 2 N–H and O–H groups in total. The molecule has 1 rings (SSSR count). The van der Waals surface area contributed by atoms with Gasteiger partial charge in [0.1, 0.15) is 5.82 Å². The Morgan fingerprint density at radius 2 is 2.06 bits per heavy atom. The molecule has 0 saturated carbocycles. The summed E-state index contributed by atoms with van der Waals surface area (Å²) in [5.74, 6) is 0.228. The van der Waals surface area contributed by atoms with Gasteiger partial charge >= 0.3 is 0 Å². The molecule has 0 unspecified atom stereocenters. The first-order valence-corrected chi connectivity index (χ1v) is 6.30. The fraction of sp³-hybridized carbons (Fsp3) is 0.500. The molecule has 0 fully saturated rings. The van der Waals surface area contributed by atoms with E-state index in [0.717, 1.165) is 13.0 Å². The fourth-order valence-electron chi connectivity index (χ4n) is 1.49. The summed E-state index contributed by atoms with van der Waals surface area (Å²) >= 11 is 0. The first kappa shape index (κ1) is 14.6. The van der Waals surface area contributed by atoms with Crippen LogP contribution in [0.3, 0.4) is 0 Å². The molecule has 0 heterocycles. The standard InChI is InChI=1S/C14H21FN2O/c1-11(2)7-8-16-10-14(18)17-9-12-5-3-4-6-13(12)15/h3-6,11,16H,7-10H2,1-2H3,(H,17,18). The van der Waals surface area contributed by atoms with Crippen LogP contribution in [0.5, 0.6) is 0 Å². The summed E-state index contributed by atoms with van der Waals surface area (Å²) in [6.07, 6.45) is 1.04. The summed E-state index contributed by atoms with van der Waals surface area (Å²) in [5.41, 5.74) is 0.507. The van der Waals surface area contributed by atoms with Crippen LogP contribution in [-0.4, -0.2) is 19.0 Å². The molecule has 0 saturated heterocycles. The number of hydrogen-bond donors (Lipinski definition) is 2. The van der Waals surface area contributed by atoms with Gasteiger partial charge in [-0.05, 0) is 24.9 Å². The number of hydrogen-bond acceptors (Lipinski definition) is 2. The Labute approximate surface area is 108 Å². The van der Waals surface area contributed by atoms with Crippen molar-refractivity contribution in [1.82, 2.24) is 10.6 Å². The third-order valence-corrected chi connectivity index (χ3v) is 2.62. The van der Waals surface area contributed by atoms with E-state index in [1.54, 1.807) is 18.2 Å². The Morgan fingerprint density at radius 1 is 1.33 bits per heavy atom. The zero-order valence-corrected chi connectivity index (χ0v) is 11.0. The summed E-state index contributed by atoms with van der Waals surface area (Å²) in [7, 11) is 0. The Kier molecular flexibility index (Phi) is 6.36. The highest BCUT2D eigenvalue weighted by molar-refractivity contribution is 5.77. The SMILES string of the molecule is CC(C)CCNCC(=O)NCc1ccccc1F. The van der Waals surface area contributed by atoms with Crippen LogP contribution in [0.2, 0.25) is 0 Å². The molecular formula is C14H21FN2O. The van der Waals surface area contributed by atoms with Crippen LogP contribution in [-0.2, 0) is 11.3 Å². The predicted octanol–water partition coefficient (Wildman–Crippen LogP) is 2.08. The molecule has 0 radical (unpaired) electrons. The molecule has 0 bridgehead atoms. The average molecular weight is 252 g/mol. The molecule has 100 valence electrons. The lowest BCUT2D eigenvalue weighted by molar-refractivity contribution is -0.120. The van der Waals surface area contributed by atoms with Gasteiger partial charge in [0, 0.05) is 12.1 Å². The zero-order chi connectivity index (χ0) is 13.4. The minimum Gasteiger partial charge on any atom is -0.351 e. The number of amides is 1.